The third-order valence-corrected chi connectivity index (χ3v) is 4.69. The van der Waals surface area contributed by atoms with Crippen LogP contribution >= 0.6 is 7.82 Å². The summed E-state index contributed by atoms with van der Waals surface area (Å²) in [5.74, 6) is -0.889. The fourth-order valence-corrected chi connectivity index (χ4v) is 3.20. The van der Waals surface area contributed by atoms with Crippen LogP contribution < -0.4 is 0 Å². The molecule has 1 aliphatic heterocycles. The number of carbonyl (C=O) groups is 2. The Balaban J connectivity index is 3.32. The topological polar surface area (TPSA) is 78.9 Å². The Morgan fingerprint density at radius 2 is 1.38 bits per heavy atom. The molecule has 1 saturated heterocycles. The van der Waals surface area contributed by atoms with Crippen LogP contribution in [0.4, 0.5) is 0 Å². The standard InChI is InChI=1S/C9H15O6P/c1-6(10)8(3)9(4,7(2)11)15-16(12,13-5)14-8/h1-5H3/t8-,9-/m1/s1. The first-order chi connectivity index (χ1) is 7.11. The van der Waals surface area contributed by atoms with Gasteiger partial charge in [-0.1, -0.05) is 0 Å². The van der Waals surface area contributed by atoms with Gasteiger partial charge in [0.1, 0.15) is 0 Å². The maximum atomic E-state index is 11.9. The molecule has 1 heterocycles. The molecule has 7 heteroatoms. The number of carbonyl (C=O) groups excluding carboxylic acids is 2. The second kappa shape index (κ2) is 3.74. The van der Waals surface area contributed by atoms with Gasteiger partial charge in [0.25, 0.3) is 0 Å². The molecule has 1 rings (SSSR count). The molecular formula is C9H15O6P. The number of hydrogen-bond donors (Lipinski definition) is 0. The van der Waals surface area contributed by atoms with Crippen molar-refractivity contribution in [2.75, 3.05) is 7.11 Å². The van der Waals surface area contributed by atoms with Crippen molar-refractivity contribution >= 4 is 19.4 Å². The Morgan fingerprint density at radius 3 is 1.56 bits per heavy atom. The molecular weight excluding hydrogens is 235 g/mol. The van der Waals surface area contributed by atoms with Gasteiger partial charge in [0.2, 0.25) is 0 Å². The first-order valence-corrected chi connectivity index (χ1v) is 6.17. The minimum absolute atomic E-state index is 0.444. The first-order valence-electron chi connectivity index (χ1n) is 4.71. The fourth-order valence-electron chi connectivity index (χ4n) is 1.51. The average Bonchev–Trinajstić information content (AvgIpc) is 2.38. The normalized spacial score (nSPS) is 37.3. The number of phosphoric acid groups is 1. The van der Waals surface area contributed by atoms with E-state index in [0.29, 0.717) is 0 Å². The molecule has 0 spiro atoms. The van der Waals surface area contributed by atoms with E-state index in [1.54, 1.807) is 0 Å². The van der Waals surface area contributed by atoms with Crippen LogP contribution in [-0.4, -0.2) is 29.9 Å². The Kier molecular flexibility index (Phi) is 3.16. The van der Waals surface area contributed by atoms with Gasteiger partial charge in [-0.3, -0.25) is 23.2 Å². The molecule has 1 aliphatic rings. The first kappa shape index (κ1) is 13.5. The highest BCUT2D eigenvalue weighted by Gasteiger charge is 2.66. The molecule has 0 aromatic carbocycles. The molecule has 0 N–H and O–H groups in total. The second-order valence-electron chi connectivity index (χ2n) is 3.99. The SMILES string of the molecule is COP1(=O)O[C@](C)(C(C)=O)[C@@](C)(C(C)=O)O1. The number of hydrogen-bond acceptors (Lipinski definition) is 6. The smallest absolute Gasteiger partial charge is 0.297 e. The third kappa shape index (κ3) is 1.66. The van der Waals surface area contributed by atoms with Gasteiger partial charge in [-0.15, -0.1) is 0 Å². The van der Waals surface area contributed by atoms with Crippen LogP contribution in [-0.2, 0) is 27.7 Å². The summed E-state index contributed by atoms with van der Waals surface area (Å²) in [5, 5.41) is 0. The minimum Gasteiger partial charge on any atom is -0.297 e. The van der Waals surface area contributed by atoms with Gasteiger partial charge in [0, 0.05) is 7.11 Å². The molecule has 0 aromatic heterocycles. The lowest BCUT2D eigenvalue weighted by Crippen LogP contribution is -2.56. The zero-order valence-corrected chi connectivity index (χ0v) is 10.8. The Labute approximate surface area is 93.9 Å². The molecule has 6 nitrogen and oxygen atoms in total. The molecule has 92 valence electrons. The summed E-state index contributed by atoms with van der Waals surface area (Å²) in [7, 11) is -2.71. The number of Topliss-reactive ketones (excluding diaryl/α,β-unsaturated/α-hetero) is 2. The van der Waals surface area contributed by atoms with Crippen LogP contribution in [0.25, 0.3) is 0 Å². The summed E-state index contributed by atoms with van der Waals surface area (Å²) in [5.41, 5.74) is -3.19. The summed E-state index contributed by atoms with van der Waals surface area (Å²) in [6.45, 7) is 5.23. The van der Waals surface area contributed by atoms with Crippen molar-refractivity contribution in [1.82, 2.24) is 0 Å². The van der Waals surface area contributed by atoms with Crippen LogP contribution in [0.15, 0.2) is 0 Å². The van der Waals surface area contributed by atoms with Crippen molar-refractivity contribution in [3.05, 3.63) is 0 Å². The molecule has 16 heavy (non-hydrogen) atoms. The molecule has 1 fully saturated rings. The van der Waals surface area contributed by atoms with Gasteiger partial charge in [0.05, 0.1) is 0 Å². The third-order valence-electron chi connectivity index (χ3n) is 3.07. The van der Waals surface area contributed by atoms with Crippen molar-refractivity contribution < 1.29 is 27.7 Å². The van der Waals surface area contributed by atoms with E-state index in [-0.39, 0.29) is 0 Å². The van der Waals surface area contributed by atoms with Crippen molar-refractivity contribution in [2.24, 2.45) is 0 Å². The van der Waals surface area contributed by atoms with E-state index >= 15 is 0 Å². The number of phosphoric ester groups is 1. The number of rotatable bonds is 3. The molecule has 0 amide bonds. The molecule has 0 aliphatic carbocycles. The lowest BCUT2D eigenvalue weighted by atomic mass is 9.80. The van der Waals surface area contributed by atoms with E-state index in [4.69, 9.17) is 9.05 Å². The monoisotopic (exact) mass is 250 g/mol. The zero-order valence-electron chi connectivity index (χ0n) is 9.90. The highest BCUT2D eigenvalue weighted by atomic mass is 31.2. The zero-order chi connectivity index (χ0) is 12.8. The van der Waals surface area contributed by atoms with Gasteiger partial charge in [-0.05, 0) is 27.7 Å². The van der Waals surface area contributed by atoms with Crippen molar-refractivity contribution in [2.45, 2.75) is 38.9 Å². The summed E-state index contributed by atoms with van der Waals surface area (Å²) in [6.07, 6.45) is 0. The predicted molar refractivity (Wildman–Crippen MR) is 55.0 cm³/mol. The van der Waals surface area contributed by atoms with Crippen LogP contribution in [0.1, 0.15) is 27.7 Å². The summed E-state index contributed by atoms with van der Waals surface area (Å²) >= 11 is 0. The maximum absolute atomic E-state index is 11.9. The average molecular weight is 250 g/mol. The lowest BCUT2D eigenvalue weighted by Gasteiger charge is -2.31. The summed E-state index contributed by atoms with van der Waals surface area (Å²) in [4.78, 5) is 23.1. The fraction of sp³-hybridized carbons (Fsp3) is 0.778. The van der Waals surface area contributed by atoms with Gasteiger partial charge >= 0.3 is 7.82 Å². The van der Waals surface area contributed by atoms with Crippen LogP contribution in [0.3, 0.4) is 0 Å². The number of ketones is 2. The van der Waals surface area contributed by atoms with Crippen LogP contribution in [0.2, 0.25) is 0 Å². The maximum Gasteiger partial charge on any atom is 0.476 e. The molecule has 0 bridgehead atoms. The summed E-state index contributed by atoms with van der Waals surface area (Å²) < 4.78 is 26.6. The quantitative estimate of drug-likeness (QED) is 0.706. The van der Waals surface area contributed by atoms with Gasteiger partial charge in [0.15, 0.2) is 22.8 Å². The molecule has 0 aromatic rings. The van der Waals surface area contributed by atoms with E-state index in [1.807, 2.05) is 0 Å². The summed E-state index contributed by atoms with van der Waals surface area (Å²) in [6, 6.07) is 0. The predicted octanol–water partition coefficient (Wildman–Crippen LogP) is 1.48. The Bertz CT molecular complexity index is 359. The molecule has 2 atom stereocenters. The van der Waals surface area contributed by atoms with E-state index in [9.17, 15) is 14.2 Å². The van der Waals surface area contributed by atoms with Gasteiger partial charge < -0.3 is 0 Å². The van der Waals surface area contributed by atoms with Crippen molar-refractivity contribution in [1.29, 1.82) is 0 Å². The highest BCUT2D eigenvalue weighted by Crippen LogP contribution is 2.64. The van der Waals surface area contributed by atoms with Crippen molar-refractivity contribution in [3.8, 4) is 0 Å². The van der Waals surface area contributed by atoms with Crippen LogP contribution in [0.5, 0.6) is 0 Å². The van der Waals surface area contributed by atoms with E-state index < -0.39 is 30.6 Å². The molecule has 0 radical (unpaired) electrons. The van der Waals surface area contributed by atoms with Crippen molar-refractivity contribution in [3.63, 3.8) is 0 Å². The Morgan fingerprint density at radius 1 is 1.06 bits per heavy atom. The second-order valence-corrected chi connectivity index (χ2v) is 5.62. The van der Waals surface area contributed by atoms with Crippen LogP contribution in [0, 0.1) is 0 Å². The highest BCUT2D eigenvalue weighted by molar-refractivity contribution is 7.49. The molecule has 0 saturated carbocycles. The van der Waals surface area contributed by atoms with E-state index in [2.05, 4.69) is 4.52 Å². The largest absolute Gasteiger partial charge is 0.476 e. The molecule has 0 unspecified atom stereocenters. The Hall–Kier alpha value is -0.550. The van der Waals surface area contributed by atoms with E-state index in [1.165, 1.54) is 27.7 Å². The van der Waals surface area contributed by atoms with E-state index in [0.717, 1.165) is 7.11 Å². The van der Waals surface area contributed by atoms with Gasteiger partial charge in [-0.25, -0.2) is 4.57 Å². The minimum atomic E-state index is -3.84. The van der Waals surface area contributed by atoms with Gasteiger partial charge in [-0.2, -0.15) is 0 Å². The lowest BCUT2D eigenvalue weighted by molar-refractivity contribution is -0.150.